The topological polar surface area (TPSA) is 128 Å². The van der Waals surface area contributed by atoms with Crippen molar-refractivity contribution in [2.45, 2.75) is 51.8 Å². The third-order valence-electron chi connectivity index (χ3n) is 4.89. The summed E-state index contributed by atoms with van der Waals surface area (Å²) >= 11 is 0. The van der Waals surface area contributed by atoms with Crippen LogP contribution in [0.5, 0.6) is 17.2 Å². The van der Waals surface area contributed by atoms with Crippen molar-refractivity contribution in [3.8, 4) is 28.4 Å². The molecule has 27 heavy (non-hydrogen) atoms. The Hall–Kier alpha value is -2.44. The largest absolute Gasteiger partial charge is 0.508 e. The number of nitrogen functional groups attached to an aromatic ring is 1. The van der Waals surface area contributed by atoms with Gasteiger partial charge in [-0.3, -0.25) is 11.5 Å². The first-order valence-electron chi connectivity index (χ1n) is 9.56. The van der Waals surface area contributed by atoms with Crippen molar-refractivity contribution in [1.29, 1.82) is 0 Å². The van der Waals surface area contributed by atoms with E-state index in [0.29, 0.717) is 5.56 Å². The molecule has 0 heterocycles. The van der Waals surface area contributed by atoms with Gasteiger partial charge in [-0.1, -0.05) is 45.2 Å². The van der Waals surface area contributed by atoms with Crippen molar-refractivity contribution in [2.24, 2.45) is 17.4 Å². The van der Waals surface area contributed by atoms with Crippen molar-refractivity contribution < 1.29 is 14.9 Å². The molecular weight excluding hydrogens is 342 g/mol. The lowest BCUT2D eigenvalue weighted by molar-refractivity contribution is 0.000563. The summed E-state index contributed by atoms with van der Waals surface area (Å²) in [6.45, 7) is 4.00. The fraction of sp³-hybridized carbons (Fsp3) is 0.429. The van der Waals surface area contributed by atoms with Crippen molar-refractivity contribution in [2.75, 3.05) is 5.73 Å². The lowest BCUT2D eigenvalue weighted by atomic mass is 9.85. The molecule has 0 saturated heterocycles. The molecule has 0 spiro atoms. The summed E-state index contributed by atoms with van der Waals surface area (Å²) in [6.07, 6.45) is 5.17. The first-order valence-corrected chi connectivity index (χ1v) is 9.56. The van der Waals surface area contributed by atoms with Gasteiger partial charge in [0.2, 0.25) is 5.85 Å². The Bertz CT molecular complexity index is 739. The van der Waals surface area contributed by atoms with Gasteiger partial charge in [-0.15, -0.1) is 0 Å². The third kappa shape index (κ3) is 4.84. The maximum absolute atomic E-state index is 10.4. The lowest BCUT2D eigenvalue weighted by Gasteiger charge is -2.36. The van der Waals surface area contributed by atoms with E-state index in [9.17, 15) is 10.2 Å². The number of phenolic OH excluding ortho intramolecular Hbond substituents is 2. The standard InChI is InChI=1S/C19H25N3O3.C2H6/c20-17-15(12-6-8-14(23)9-7-12)10-11-16(18(17)24)25-19(21,22)13-4-2-1-3-5-13;1-2/h6-11,13,23-24H,1-5,20-22H2;1-2H3. The molecule has 1 aliphatic rings. The molecule has 1 saturated carbocycles. The number of rotatable bonds is 4. The average Bonchev–Trinajstić information content (AvgIpc) is 2.69. The summed E-state index contributed by atoms with van der Waals surface area (Å²) in [5, 5.41) is 19.8. The molecule has 0 amide bonds. The molecule has 0 radical (unpaired) electrons. The van der Waals surface area contributed by atoms with Crippen LogP contribution in [0.2, 0.25) is 0 Å². The molecule has 2 aromatic carbocycles. The minimum atomic E-state index is -1.34. The Morgan fingerprint density at radius 3 is 2.11 bits per heavy atom. The van der Waals surface area contributed by atoms with Gasteiger partial charge in [0.1, 0.15) is 5.75 Å². The molecule has 0 atom stereocenters. The average molecular weight is 373 g/mol. The van der Waals surface area contributed by atoms with Gasteiger partial charge in [0.15, 0.2) is 11.5 Å². The highest BCUT2D eigenvalue weighted by Gasteiger charge is 2.35. The number of phenols is 2. The van der Waals surface area contributed by atoms with Crippen LogP contribution in [0.3, 0.4) is 0 Å². The van der Waals surface area contributed by atoms with Crippen LogP contribution in [0.4, 0.5) is 5.69 Å². The molecule has 0 aromatic heterocycles. The van der Waals surface area contributed by atoms with Crippen LogP contribution >= 0.6 is 0 Å². The quantitative estimate of drug-likeness (QED) is 0.314. The minimum Gasteiger partial charge on any atom is -0.508 e. The molecule has 3 rings (SSSR count). The predicted octanol–water partition coefficient (Wildman–Crippen LogP) is 3.90. The minimum absolute atomic E-state index is 0.0404. The number of aromatic hydroxyl groups is 2. The highest BCUT2D eigenvalue weighted by Crippen LogP contribution is 2.41. The molecule has 8 N–H and O–H groups in total. The van der Waals surface area contributed by atoms with Gasteiger partial charge < -0.3 is 20.7 Å². The number of hydrogen-bond donors (Lipinski definition) is 5. The molecule has 2 aromatic rings. The molecule has 1 aliphatic carbocycles. The Morgan fingerprint density at radius 1 is 0.926 bits per heavy atom. The van der Waals surface area contributed by atoms with Gasteiger partial charge in [-0.05, 0) is 42.7 Å². The van der Waals surface area contributed by atoms with Crippen LogP contribution in [-0.2, 0) is 0 Å². The fourth-order valence-corrected chi connectivity index (χ4v) is 3.39. The molecule has 0 unspecified atom stereocenters. The van der Waals surface area contributed by atoms with Gasteiger partial charge in [-0.25, -0.2) is 0 Å². The number of hydrogen-bond acceptors (Lipinski definition) is 6. The first-order chi connectivity index (χ1) is 12.9. The van der Waals surface area contributed by atoms with Gasteiger partial charge in [0.05, 0.1) is 5.69 Å². The van der Waals surface area contributed by atoms with Crippen LogP contribution in [0.1, 0.15) is 46.0 Å². The van der Waals surface area contributed by atoms with E-state index in [2.05, 4.69) is 0 Å². The molecule has 0 bridgehead atoms. The zero-order valence-electron chi connectivity index (χ0n) is 16.1. The molecule has 148 valence electrons. The van der Waals surface area contributed by atoms with E-state index < -0.39 is 5.85 Å². The van der Waals surface area contributed by atoms with Gasteiger partial charge in [0, 0.05) is 11.5 Å². The van der Waals surface area contributed by atoms with Crippen LogP contribution in [-0.4, -0.2) is 16.1 Å². The van der Waals surface area contributed by atoms with Gasteiger partial charge in [0.25, 0.3) is 0 Å². The van der Waals surface area contributed by atoms with Gasteiger partial charge in [-0.2, -0.15) is 0 Å². The van der Waals surface area contributed by atoms with Crippen LogP contribution in [0, 0.1) is 5.92 Å². The number of nitrogens with two attached hydrogens (primary N) is 3. The van der Waals surface area contributed by atoms with Crippen LogP contribution < -0.4 is 21.9 Å². The predicted molar refractivity (Wildman–Crippen MR) is 109 cm³/mol. The second-order valence-corrected chi connectivity index (χ2v) is 6.71. The summed E-state index contributed by atoms with van der Waals surface area (Å²) in [7, 11) is 0. The van der Waals surface area contributed by atoms with E-state index in [4.69, 9.17) is 21.9 Å². The Morgan fingerprint density at radius 2 is 1.52 bits per heavy atom. The zero-order valence-corrected chi connectivity index (χ0v) is 16.1. The number of benzene rings is 2. The SMILES string of the molecule is CC.Nc1c(-c2ccc(O)cc2)ccc(OC(N)(N)C2CCCCC2)c1O. The maximum Gasteiger partial charge on any atom is 0.215 e. The monoisotopic (exact) mass is 373 g/mol. The van der Waals surface area contributed by atoms with E-state index in [0.717, 1.165) is 31.2 Å². The Labute approximate surface area is 160 Å². The molecule has 1 fully saturated rings. The summed E-state index contributed by atoms with van der Waals surface area (Å²) in [6, 6.07) is 9.92. The van der Waals surface area contributed by atoms with Crippen LogP contribution in [0.15, 0.2) is 36.4 Å². The van der Waals surface area contributed by atoms with Crippen molar-refractivity contribution in [1.82, 2.24) is 0 Å². The van der Waals surface area contributed by atoms with Gasteiger partial charge >= 0.3 is 0 Å². The summed E-state index contributed by atoms with van der Waals surface area (Å²) in [4.78, 5) is 0. The number of ether oxygens (including phenoxy) is 1. The highest BCUT2D eigenvalue weighted by molar-refractivity contribution is 5.82. The summed E-state index contributed by atoms with van der Waals surface area (Å²) < 4.78 is 5.75. The third-order valence-corrected chi connectivity index (χ3v) is 4.89. The van der Waals surface area contributed by atoms with Crippen molar-refractivity contribution in [3.63, 3.8) is 0 Å². The van der Waals surface area contributed by atoms with E-state index in [1.807, 2.05) is 13.8 Å². The number of anilines is 1. The molecule has 0 aliphatic heterocycles. The van der Waals surface area contributed by atoms with E-state index in [-0.39, 0.29) is 28.9 Å². The second kappa shape index (κ2) is 8.97. The fourth-order valence-electron chi connectivity index (χ4n) is 3.39. The lowest BCUT2D eigenvalue weighted by Crippen LogP contribution is -2.60. The van der Waals surface area contributed by atoms with E-state index >= 15 is 0 Å². The maximum atomic E-state index is 10.4. The summed E-state index contributed by atoms with van der Waals surface area (Å²) in [5.74, 6) is -1.14. The second-order valence-electron chi connectivity index (χ2n) is 6.71. The Kier molecular flexibility index (Phi) is 6.93. The smallest absolute Gasteiger partial charge is 0.215 e. The Balaban J connectivity index is 0.00000126. The highest BCUT2D eigenvalue weighted by atomic mass is 16.5. The zero-order chi connectivity index (χ0) is 20.0. The summed E-state index contributed by atoms with van der Waals surface area (Å²) in [5.41, 5.74) is 20.0. The normalized spacial score (nSPS) is 15.0. The molecular formula is C21H31N3O3. The molecule has 6 heteroatoms. The first kappa shape index (κ1) is 20.9. The van der Waals surface area contributed by atoms with E-state index in [1.54, 1.807) is 36.4 Å². The van der Waals surface area contributed by atoms with Crippen molar-refractivity contribution >= 4 is 5.69 Å². The van der Waals surface area contributed by atoms with Crippen molar-refractivity contribution in [3.05, 3.63) is 36.4 Å². The van der Waals surface area contributed by atoms with E-state index in [1.165, 1.54) is 6.42 Å². The van der Waals surface area contributed by atoms with Crippen LogP contribution in [0.25, 0.3) is 11.1 Å². The molecule has 6 nitrogen and oxygen atoms in total.